The highest BCUT2D eigenvalue weighted by Crippen LogP contribution is 2.22. The molecule has 1 fully saturated rings. The second-order valence-electron chi connectivity index (χ2n) is 4.73. The number of hydrogen-bond donors (Lipinski definition) is 0. The summed E-state index contributed by atoms with van der Waals surface area (Å²) < 4.78 is 40.0. The SMILES string of the molecule is O=C(COCC(F)(F)F)c1ccc(N2CCCC2=O)cc1. The molecule has 0 aromatic heterocycles. The highest BCUT2D eigenvalue weighted by atomic mass is 19.4. The van der Waals surface area contributed by atoms with Crippen LogP contribution < -0.4 is 4.90 Å². The van der Waals surface area contributed by atoms with Crippen molar-refractivity contribution in [2.24, 2.45) is 0 Å². The zero-order valence-corrected chi connectivity index (χ0v) is 11.2. The number of benzene rings is 1. The molecule has 1 aliphatic rings. The lowest BCUT2D eigenvalue weighted by Crippen LogP contribution is -2.23. The minimum atomic E-state index is -4.44. The van der Waals surface area contributed by atoms with Gasteiger partial charge in [0.1, 0.15) is 13.2 Å². The molecule has 1 saturated heterocycles. The molecule has 1 aliphatic heterocycles. The molecule has 0 atom stereocenters. The molecular formula is C14H14F3NO3. The number of rotatable bonds is 5. The van der Waals surface area contributed by atoms with E-state index in [1.807, 2.05) is 0 Å². The van der Waals surface area contributed by atoms with Gasteiger partial charge in [-0.3, -0.25) is 9.59 Å². The van der Waals surface area contributed by atoms with E-state index in [0.29, 0.717) is 18.7 Å². The van der Waals surface area contributed by atoms with E-state index in [0.717, 1.165) is 6.42 Å². The first kappa shape index (κ1) is 15.5. The molecule has 0 aliphatic carbocycles. The van der Waals surface area contributed by atoms with Gasteiger partial charge in [0, 0.05) is 24.2 Å². The summed E-state index contributed by atoms with van der Waals surface area (Å²) in [7, 11) is 0. The Morgan fingerprint density at radius 3 is 2.43 bits per heavy atom. The van der Waals surface area contributed by atoms with Crippen LogP contribution >= 0.6 is 0 Å². The van der Waals surface area contributed by atoms with Gasteiger partial charge >= 0.3 is 6.18 Å². The monoisotopic (exact) mass is 301 g/mol. The van der Waals surface area contributed by atoms with Gasteiger partial charge in [0.15, 0.2) is 5.78 Å². The van der Waals surface area contributed by atoms with Gasteiger partial charge in [0.25, 0.3) is 0 Å². The minimum Gasteiger partial charge on any atom is -0.364 e. The number of hydrogen-bond acceptors (Lipinski definition) is 3. The summed E-state index contributed by atoms with van der Waals surface area (Å²) in [5, 5.41) is 0. The van der Waals surface area contributed by atoms with Crippen LogP contribution in [-0.2, 0) is 9.53 Å². The van der Waals surface area contributed by atoms with E-state index in [-0.39, 0.29) is 11.5 Å². The van der Waals surface area contributed by atoms with E-state index >= 15 is 0 Å². The van der Waals surface area contributed by atoms with E-state index in [9.17, 15) is 22.8 Å². The van der Waals surface area contributed by atoms with Crippen molar-refractivity contribution in [1.82, 2.24) is 0 Å². The average Bonchev–Trinajstić information content (AvgIpc) is 2.83. The number of amides is 1. The Hall–Kier alpha value is -1.89. The third-order valence-electron chi connectivity index (χ3n) is 3.07. The lowest BCUT2D eigenvalue weighted by Gasteiger charge is -2.15. The molecule has 21 heavy (non-hydrogen) atoms. The van der Waals surface area contributed by atoms with Crippen molar-refractivity contribution in [3.8, 4) is 0 Å². The quantitative estimate of drug-likeness (QED) is 0.785. The largest absolute Gasteiger partial charge is 0.411 e. The number of carbonyl (C=O) groups excluding carboxylic acids is 2. The predicted molar refractivity (Wildman–Crippen MR) is 69.2 cm³/mol. The normalized spacial score (nSPS) is 15.6. The van der Waals surface area contributed by atoms with Crippen molar-refractivity contribution < 1.29 is 27.5 Å². The van der Waals surface area contributed by atoms with Crippen molar-refractivity contribution in [3.63, 3.8) is 0 Å². The fourth-order valence-electron chi connectivity index (χ4n) is 2.09. The van der Waals surface area contributed by atoms with E-state index in [2.05, 4.69) is 4.74 Å². The third kappa shape index (κ3) is 4.29. The Bertz CT molecular complexity index is 525. The van der Waals surface area contributed by atoms with Crippen LogP contribution in [0.2, 0.25) is 0 Å². The Balaban J connectivity index is 1.92. The molecule has 0 spiro atoms. The molecule has 0 bridgehead atoms. The minimum absolute atomic E-state index is 0.0302. The molecule has 7 heteroatoms. The van der Waals surface area contributed by atoms with Crippen LogP contribution in [0.25, 0.3) is 0 Å². The predicted octanol–water partition coefficient (Wildman–Crippen LogP) is 2.58. The van der Waals surface area contributed by atoms with Crippen molar-refractivity contribution in [3.05, 3.63) is 29.8 Å². The zero-order chi connectivity index (χ0) is 15.5. The van der Waals surface area contributed by atoms with Crippen LogP contribution in [-0.4, -0.2) is 37.6 Å². The zero-order valence-electron chi connectivity index (χ0n) is 11.2. The molecule has 0 radical (unpaired) electrons. The van der Waals surface area contributed by atoms with Gasteiger partial charge in [0.05, 0.1) is 0 Å². The molecule has 0 unspecified atom stereocenters. The summed E-state index contributed by atoms with van der Waals surface area (Å²) >= 11 is 0. The molecule has 4 nitrogen and oxygen atoms in total. The number of anilines is 1. The lowest BCUT2D eigenvalue weighted by atomic mass is 10.1. The van der Waals surface area contributed by atoms with E-state index in [4.69, 9.17) is 0 Å². The summed E-state index contributed by atoms with van der Waals surface area (Å²) in [5.74, 6) is -0.499. The number of alkyl halides is 3. The summed E-state index contributed by atoms with van der Waals surface area (Å²) in [6.07, 6.45) is -3.14. The number of ketones is 1. The van der Waals surface area contributed by atoms with Gasteiger partial charge in [-0.1, -0.05) is 0 Å². The first-order chi connectivity index (χ1) is 9.87. The highest BCUT2D eigenvalue weighted by molar-refractivity contribution is 5.99. The standard InChI is InChI=1S/C14H14F3NO3/c15-14(16,17)9-21-8-12(19)10-3-5-11(6-4-10)18-7-1-2-13(18)20/h3-6H,1-2,7-9H2. The first-order valence-electron chi connectivity index (χ1n) is 6.45. The molecule has 1 amide bonds. The molecule has 1 aromatic rings. The Morgan fingerprint density at radius 2 is 1.90 bits per heavy atom. The second kappa shape index (κ2) is 6.26. The highest BCUT2D eigenvalue weighted by Gasteiger charge is 2.28. The number of Topliss-reactive ketones (excluding diaryl/α,β-unsaturated/α-hetero) is 1. The summed E-state index contributed by atoms with van der Waals surface area (Å²) in [5.41, 5.74) is 0.942. The van der Waals surface area contributed by atoms with Gasteiger partial charge in [-0.2, -0.15) is 13.2 Å². The molecule has 0 saturated carbocycles. The van der Waals surface area contributed by atoms with E-state index in [1.165, 1.54) is 12.1 Å². The van der Waals surface area contributed by atoms with Crippen molar-refractivity contribution >= 4 is 17.4 Å². The summed E-state index contributed by atoms with van der Waals surface area (Å²) in [6.45, 7) is -1.43. The maximum Gasteiger partial charge on any atom is 0.411 e. The van der Waals surface area contributed by atoms with Crippen LogP contribution in [0, 0.1) is 0 Å². The Kier molecular flexibility index (Phi) is 4.62. The maximum atomic E-state index is 11.9. The topological polar surface area (TPSA) is 46.6 Å². The van der Waals surface area contributed by atoms with Gasteiger partial charge in [-0.25, -0.2) is 0 Å². The number of ether oxygens (including phenoxy) is 1. The van der Waals surface area contributed by atoms with E-state index in [1.54, 1.807) is 17.0 Å². The van der Waals surface area contributed by atoms with Gasteiger partial charge in [0.2, 0.25) is 5.91 Å². The van der Waals surface area contributed by atoms with Crippen molar-refractivity contribution in [2.75, 3.05) is 24.7 Å². The van der Waals surface area contributed by atoms with Crippen LogP contribution in [0.4, 0.5) is 18.9 Å². The third-order valence-corrected chi connectivity index (χ3v) is 3.07. The average molecular weight is 301 g/mol. The van der Waals surface area contributed by atoms with Crippen LogP contribution in [0.5, 0.6) is 0 Å². The second-order valence-corrected chi connectivity index (χ2v) is 4.73. The molecular weight excluding hydrogens is 287 g/mol. The van der Waals surface area contributed by atoms with Gasteiger partial charge < -0.3 is 9.64 Å². The van der Waals surface area contributed by atoms with Crippen LogP contribution in [0.15, 0.2) is 24.3 Å². The number of halogens is 3. The van der Waals surface area contributed by atoms with Crippen molar-refractivity contribution in [2.45, 2.75) is 19.0 Å². The fourth-order valence-corrected chi connectivity index (χ4v) is 2.09. The molecule has 1 heterocycles. The Labute approximate surface area is 119 Å². The van der Waals surface area contributed by atoms with Crippen molar-refractivity contribution in [1.29, 1.82) is 0 Å². The van der Waals surface area contributed by atoms with E-state index < -0.39 is 25.2 Å². The summed E-state index contributed by atoms with van der Waals surface area (Å²) in [6, 6.07) is 6.20. The summed E-state index contributed by atoms with van der Waals surface area (Å²) in [4.78, 5) is 24.8. The Morgan fingerprint density at radius 1 is 1.24 bits per heavy atom. The smallest absolute Gasteiger partial charge is 0.364 e. The molecule has 1 aromatic carbocycles. The van der Waals surface area contributed by atoms with Gasteiger partial charge in [-0.05, 0) is 30.7 Å². The lowest BCUT2D eigenvalue weighted by molar-refractivity contribution is -0.170. The molecule has 0 N–H and O–H groups in total. The van der Waals surface area contributed by atoms with Crippen LogP contribution in [0.1, 0.15) is 23.2 Å². The molecule has 114 valence electrons. The number of carbonyl (C=O) groups is 2. The first-order valence-corrected chi connectivity index (χ1v) is 6.45. The molecule has 2 rings (SSSR count). The maximum absolute atomic E-state index is 11.9. The van der Waals surface area contributed by atoms with Crippen LogP contribution in [0.3, 0.4) is 0 Å². The number of nitrogens with zero attached hydrogens (tertiary/aromatic N) is 1. The fraction of sp³-hybridized carbons (Fsp3) is 0.429. The van der Waals surface area contributed by atoms with Gasteiger partial charge in [-0.15, -0.1) is 0 Å².